The van der Waals surface area contributed by atoms with E-state index >= 15 is 0 Å². The molecular formula is C44H27N5. The first-order chi connectivity index (χ1) is 24.3. The van der Waals surface area contributed by atoms with Crippen molar-refractivity contribution in [1.29, 1.82) is 0 Å². The van der Waals surface area contributed by atoms with E-state index in [2.05, 4.69) is 102 Å². The number of imidazole rings is 1. The lowest BCUT2D eigenvalue weighted by Gasteiger charge is -2.13. The summed E-state index contributed by atoms with van der Waals surface area (Å²) in [6, 6.07) is 54.8. The Labute approximate surface area is 281 Å². The van der Waals surface area contributed by atoms with Gasteiger partial charge in [0, 0.05) is 33.7 Å². The smallest absolute Gasteiger partial charge is 0.164 e. The molecule has 0 bridgehead atoms. The first kappa shape index (κ1) is 27.4. The van der Waals surface area contributed by atoms with E-state index in [4.69, 9.17) is 19.9 Å². The highest BCUT2D eigenvalue weighted by molar-refractivity contribution is 6.30. The van der Waals surface area contributed by atoms with Crippen molar-refractivity contribution in [3.63, 3.8) is 0 Å². The molecule has 0 saturated carbocycles. The van der Waals surface area contributed by atoms with Gasteiger partial charge >= 0.3 is 0 Å². The summed E-state index contributed by atoms with van der Waals surface area (Å²) in [6.45, 7) is 0. The molecule has 3 heterocycles. The van der Waals surface area contributed by atoms with Gasteiger partial charge in [0.15, 0.2) is 17.5 Å². The van der Waals surface area contributed by atoms with Crippen molar-refractivity contribution in [2.45, 2.75) is 0 Å². The summed E-state index contributed by atoms with van der Waals surface area (Å²) in [7, 11) is 0. The van der Waals surface area contributed by atoms with Crippen LogP contribution in [0, 0.1) is 0 Å². The third-order valence-electron chi connectivity index (χ3n) is 9.43. The van der Waals surface area contributed by atoms with Crippen molar-refractivity contribution in [2.75, 3.05) is 0 Å². The lowest BCUT2D eigenvalue weighted by Crippen LogP contribution is -2.00. The first-order valence-electron chi connectivity index (χ1n) is 16.4. The zero-order valence-corrected chi connectivity index (χ0v) is 26.3. The molecule has 3 aromatic heterocycles. The van der Waals surface area contributed by atoms with Gasteiger partial charge in [-0.3, -0.25) is 4.40 Å². The van der Waals surface area contributed by atoms with Gasteiger partial charge in [-0.05, 0) is 50.9 Å². The number of rotatable bonds is 4. The Kier molecular flexibility index (Phi) is 6.11. The van der Waals surface area contributed by atoms with Crippen LogP contribution < -0.4 is 0 Å². The van der Waals surface area contributed by atoms with Crippen LogP contribution in [-0.2, 0) is 0 Å². The highest BCUT2D eigenvalue weighted by Gasteiger charge is 2.17. The standard InChI is InChI=1S/C44H27N5/c1-3-12-30(13-4-1)42-46-43(31-14-5-2-6-15-31)48-44(47-42)32-20-18-28(19-21-32)33-23-24-35-37(27-33)39-34-16-8-7-11-29(34)22-25-36(39)40-41(35)49-26-10-9-17-38(49)45-40/h1-27H. The molecule has 5 nitrogen and oxygen atoms in total. The van der Waals surface area contributed by atoms with Crippen LogP contribution in [0.25, 0.3) is 94.3 Å². The van der Waals surface area contributed by atoms with Gasteiger partial charge in [0.2, 0.25) is 0 Å². The highest BCUT2D eigenvalue weighted by Crippen LogP contribution is 2.40. The monoisotopic (exact) mass is 625 g/mol. The Morgan fingerprint density at radius 2 is 0.939 bits per heavy atom. The number of pyridine rings is 1. The summed E-state index contributed by atoms with van der Waals surface area (Å²) in [5.41, 5.74) is 8.22. The number of hydrogen-bond donors (Lipinski definition) is 0. The summed E-state index contributed by atoms with van der Waals surface area (Å²) >= 11 is 0. The molecule has 228 valence electrons. The van der Waals surface area contributed by atoms with Gasteiger partial charge in [-0.15, -0.1) is 0 Å². The average Bonchev–Trinajstić information content (AvgIpc) is 3.58. The van der Waals surface area contributed by atoms with Crippen LogP contribution in [0.1, 0.15) is 0 Å². The zero-order chi connectivity index (χ0) is 32.3. The second kappa shape index (κ2) is 10.9. The molecule has 0 amide bonds. The molecular weight excluding hydrogens is 599 g/mol. The van der Waals surface area contributed by atoms with Crippen molar-refractivity contribution in [2.24, 2.45) is 0 Å². The Bertz CT molecular complexity index is 2800. The van der Waals surface area contributed by atoms with Crippen molar-refractivity contribution < 1.29 is 0 Å². The molecule has 10 rings (SSSR count). The van der Waals surface area contributed by atoms with Crippen LogP contribution in [0.15, 0.2) is 164 Å². The zero-order valence-electron chi connectivity index (χ0n) is 26.3. The fourth-order valence-corrected chi connectivity index (χ4v) is 7.09. The van der Waals surface area contributed by atoms with E-state index in [1.54, 1.807) is 0 Å². The van der Waals surface area contributed by atoms with Crippen molar-refractivity contribution in [1.82, 2.24) is 24.3 Å². The fourth-order valence-electron chi connectivity index (χ4n) is 7.09. The van der Waals surface area contributed by atoms with Crippen LogP contribution >= 0.6 is 0 Å². The Morgan fingerprint density at radius 1 is 0.367 bits per heavy atom. The SMILES string of the molecule is c1ccc(-c2nc(-c3ccccc3)nc(-c3ccc(-c4ccc5c(c4)c4c6ccccc6ccc4c4nc6ccccn6c54)cc3)n2)cc1. The number of aromatic nitrogens is 5. The van der Waals surface area contributed by atoms with Crippen molar-refractivity contribution in [3.05, 3.63) is 164 Å². The molecule has 0 radical (unpaired) electrons. The fraction of sp³-hybridized carbons (Fsp3) is 0. The molecule has 49 heavy (non-hydrogen) atoms. The molecule has 0 saturated heterocycles. The molecule has 0 fully saturated rings. The molecule has 0 aliphatic rings. The van der Waals surface area contributed by atoms with E-state index in [9.17, 15) is 0 Å². The molecule has 0 unspecified atom stereocenters. The predicted molar refractivity (Wildman–Crippen MR) is 200 cm³/mol. The Balaban J connectivity index is 1.14. The average molecular weight is 626 g/mol. The van der Waals surface area contributed by atoms with E-state index in [0.717, 1.165) is 49.9 Å². The molecule has 0 spiro atoms. The second-order valence-electron chi connectivity index (χ2n) is 12.3. The number of benzene rings is 7. The summed E-state index contributed by atoms with van der Waals surface area (Å²) in [6.07, 6.45) is 2.11. The predicted octanol–water partition coefficient (Wildman–Crippen LogP) is 10.8. The summed E-state index contributed by atoms with van der Waals surface area (Å²) in [5, 5.41) is 7.24. The molecule has 10 aromatic rings. The van der Waals surface area contributed by atoms with E-state index in [1.807, 2.05) is 66.7 Å². The second-order valence-corrected chi connectivity index (χ2v) is 12.3. The van der Waals surface area contributed by atoms with Gasteiger partial charge in [0.05, 0.1) is 11.0 Å². The molecule has 7 aromatic carbocycles. The number of fused-ring (bicyclic) bond motifs is 10. The number of nitrogens with zero attached hydrogens (tertiary/aromatic N) is 5. The maximum Gasteiger partial charge on any atom is 0.164 e. The third kappa shape index (κ3) is 4.48. The highest BCUT2D eigenvalue weighted by atomic mass is 15.0. The topological polar surface area (TPSA) is 56.0 Å². The van der Waals surface area contributed by atoms with Gasteiger partial charge in [0.25, 0.3) is 0 Å². The van der Waals surface area contributed by atoms with Crippen LogP contribution in [0.2, 0.25) is 0 Å². The van der Waals surface area contributed by atoms with Gasteiger partial charge in [0.1, 0.15) is 5.65 Å². The van der Waals surface area contributed by atoms with E-state index in [0.29, 0.717) is 17.5 Å². The van der Waals surface area contributed by atoms with Gasteiger partial charge in [-0.2, -0.15) is 0 Å². The van der Waals surface area contributed by atoms with E-state index in [1.165, 1.54) is 26.9 Å². The normalized spacial score (nSPS) is 11.7. The number of hydrogen-bond acceptors (Lipinski definition) is 4. The van der Waals surface area contributed by atoms with Crippen molar-refractivity contribution >= 4 is 49.0 Å². The molecule has 5 heteroatoms. The quantitative estimate of drug-likeness (QED) is 0.183. The first-order valence-corrected chi connectivity index (χ1v) is 16.4. The minimum Gasteiger partial charge on any atom is -0.299 e. The largest absolute Gasteiger partial charge is 0.299 e. The minimum atomic E-state index is 0.644. The summed E-state index contributed by atoms with van der Waals surface area (Å²) < 4.78 is 2.21. The van der Waals surface area contributed by atoms with Crippen LogP contribution in [0.4, 0.5) is 0 Å². The summed E-state index contributed by atoms with van der Waals surface area (Å²) in [5.74, 6) is 1.95. The van der Waals surface area contributed by atoms with Crippen LogP contribution in [0.3, 0.4) is 0 Å². The van der Waals surface area contributed by atoms with Crippen LogP contribution in [-0.4, -0.2) is 24.3 Å². The van der Waals surface area contributed by atoms with Gasteiger partial charge < -0.3 is 0 Å². The minimum absolute atomic E-state index is 0.644. The molecule has 0 N–H and O–H groups in total. The molecule has 0 aliphatic carbocycles. The van der Waals surface area contributed by atoms with Crippen LogP contribution in [0.5, 0.6) is 0 Å². The van der Waals surface area contributed by atoms with Gasteiger partial charge in [-0.25, -0.2) is 19.9 Å². The maximum absolute atomic E-state index is 5.12. The van der Waals surface area contributed by atoms with Gasteiger partial charge in [-0.1, -0.05) is 140 Å². The summed E-state index contributed by atoms with van der Waals surface area (Å²) in [4.78, 5) is 19.8. The van der Waals surface area contributed by atoms with E-state index in [-0.39, 0.29) is 0 Å². The lowest BCUT2D eigenvalue weighted by atomic mass is 9.92. The van der Waals surface area contributed by atoms with Crippen molar-refractivity contribution in [3.8, 4) is 45.3 Å². The molecule has 0 aliphatic heterocycles. The lowest BCUT2D eigenvalue weighted by molar-refractivity contribution is 1.07. The third-order valence-corrected chi connectivity index (χ3v) is 9.43. The molecule has 0 atom stereocenters. The maximum atomic E-state index is 5.12. The Morgan fingerprint density at radius 3 is 1.65 bits per heavy atom. The Hall–Kier alpha value is -6.72. The van der Waals surface area contributed by atoms with E-state index < -0.39 is 0 Å².